The molecular formula is C23H30ClN3O2S2. The molecule has 0 aliphatic carbocycles. The number of halogens is 1. The van der Waals surface area contributed by atoms with Crippen LogP contribution in [0.5, 0.6) is 5.75 Å². The van der Waals surface area contributed by atoms with Gasteiger partial charge in [-0.05, 0) is 69.4 Å². The summed E-state index contributed by atoms with van der Waals surface area (Å²) in [4.78, 5) is 23.0. The fraction of sp³-hybridized carbons (Fsp3) is 0.391. The van der Waals surface area contributed by atoms with E-state index in [1.54, 1.807) is 30.2 Å². The minimum absolute atomic E-state index is 0. The van der Waals surface area contributed by atoms with Crippen LogP contribution >= 0.6 is 35.5 Å². The fourth-order valence-electron chi connectivity index (χ4n) is 3.16. The van der Waals surface area contributed by atoms with E-state index in [4.69, 9.17) is 9.72 Å². The zero-order chi connectivity index (χ0) is 21.7. The number of ether oxygens (including phenoxy) is 1. The number of carbonyl (C=O) groups excluding carboxylic acids is 1. The van der Waals surface area contributed by atoms with Crippen LogP contribution < -0.4 is 9.64 Å². The number of likely N-dealkylation sites (N-methyl/N-ethyl adjacent to an activating group) is 1. The molecule has 1 aromatic heterocycles. The molecule has 0 atom stereocenters. The van der Waals surface area contributed by atoms with Gasteiger partial charge in [-0.3, -0.25) is 9.69 Å². The highest BCUT2D eigenvalue weighted by Gasteiger charge is 2.20. The molecule has 0 N–H and O–H groups in total. The van der Waals surface area contributed by atoms with Crippen LogP contribution in [-0.4, -0.2) is 55.8 Å². The third-order valence-corrected chi connectivity index (χ3v) is 6.80. The Morgan fingerprint density at radius 1 is 1.13 bits per heavy atom. The van der Waals surface area contributed by atoms with Gasteiger partial charge in [0.1, 0.15) is 5.75 Å². The van der Waals surface area contributed by atoms with E-state index in [-0.39, 0.29) is 18.3 Å². The van der Waals surface area contributed by atoms with Crippen LogP contribution in [0.3, 0.4) is 0 Å². The van der Waals surface area contributed by atoms with Gasteiger partial charge >= 0.3 is 0 Å². The van der Waals surface area contributed by atoms with Gasteiger partial charge in [-0.1, -0.05) is 17.4 Å². The number of benzene rings is 2. The van der Waals surface area contributed by atoms with Crippen molar-refractivity contribution in [3.63, 3.8) is 0 Å². The topological polar surface area (TPSA) is 45.7 Å². The van der Waals surface area contributed by atoms with Crippen LogP contribution in [0.4, 0.5) is 5.13 Å². The maximum Gasteiger partial charge on any atom is 0.229 e. The van der Waals surface area contributed by atoms with E-state index >= 15 is 0 Å². The van der Waals surface area contributed by atoms with Crippen LogP contribution in [-0.2, 0) is 4.79 Å². The molecule has 1 heterocycles. The van der Waals surface area contributed by atoms with Gasteiger partial charge in [-0.2, -0.15) is 0 Å². The molecule has 0 fully saturated rings. The van der Waals surface area contributed by atoms with Gasteiger partial charge in [0.05, 0.1) is 17.3 Å². The van der Waals surface area contributed by atoms with Gasteiger partial charge in [0.25, 0.3) is 0 Å². The first kappa shape index (κ1) is 25.5. The van der Waals surface area contributed by atoms with Gasteiger partial charge < -0.3 is 9.64 Å². The van der Waals surface area contributed by atoms with E-state index in [0.717, 1.165) is 43.9 Å². The normalized spacial score (nSPS) is 10.9. The average molecular weight is 480 g/mol. The average Bonchev–Trinajstić information content (AvgIpc) is 3.12. The molecule has 31 heavy (non-hydrogen) atoms. The molecule has 0 radical (unpaired) electrons. The second-order valence-corrected chi connectivity index (χ2v) is 9.73. The van der Waals surface area contributed by atoms with Crippen LogP contribution in [0.2, 0.25) is 0 Å². The maximum absolute atomic E-state index is 13.1. The van der Waals surface area contributed by atoms with Crippen LogP contribution in [0.1, 0.15) is 17.5 Å². The number of hydrogen-bond donors (Lipinski definition) is 0. The van der Waals surface area contributed by atoms with E-state index in [1.807, 2.05) is 43.3 Å². The number of amides is 1. The quantitative estimate of drug-likeness (QED) is 0.383. The lowest BCUT2D eigenvalue weighted by Crippen LogP contribution is -2.36. The van der Waals surface area contributed by atoms with Crippen LogP contribution in [0, 0.1) is 13.8 Å². The Kier molecular flexibility index (Phi) is 9.62. The lowest BCUT2D eigenvalue weighted by atomic mass is 10.1. The number of methoxy groups -OCH3 is 1. The minimum atomic E-state index is 0. The number of fused-ring (bicyclic) bond motifs is 1. The van der Waals surface area contributed by atoms with Gasteiger partial charge in [0.15, 0.2) is 5.13 Å². The number of aromatic nitrogens is 1. The predicted molar refractivity (Wildman–Crippen MR) is 136 cm³/mol. The SMILES string of the molecule is COc1ccc(SCCC(=O)N(CCN(C)C)c2nc3c(C)cc(C)cc3s2)cc1.Cl. The highest BCUT2D eigenvalue weighted by molar-refractivity contribution is 7.99. The van der Waals surface area contributed by atoms with Crippen molar-refractivity contribution >= 4 is 56.8 Å². The summed E-state index contributed by atoms with van der Waals surface area (Å²) in [5.74, 6) is 1.69. The Morgan fingerprint density at radius 2 is 1.84 bits per heavy atom. The Hall–Kier alpha value is -1.80. The Labute approximate surface area is 199 Å². The van der Waals surface area contributed by atoms with Crippen molar-refractivity contribution in [3.05, 3.63) is 47.5 Å². The molecule has 0 saturated carbocycles. The molecule has 0 unspecified atom stereocenters. The van der Waals surface area contributed by atoms with E-state index in [2.05, 4.69) is 30.9 Å². The minimum Gasteiger partial charge on any atom is -0.497 e. The van der Waals surface area contributed by atoms with E-state index in [9.17, 15) is 4.79 Å². The smallest absolute Gasteiger partial charge is 0.229 e. The van der Waals surface area contributed by atoms with Crippen molar-refractivity contribution < 1.29 is 9.53 Å². The van der Waals surface area contributed by atoms with Crippen molar-refractivity contribution in [1.29, 1.82) is 0 Å². The lowest BCUT2D eigenvalue weighted by molar-refractivity contribution is -0.118. The van der Waals surface area contributed by atoms with Gasteiger partial charge in [-0.15, -0.1) is 24.2 Å². The number of nitrogens with zero attached hydrogens (tertiary/aromatic N) is 3. The third-order valence-electron chi connectivity index (χ3n) is 4.77. The van der Waals surface area contributed by atoms with Gasteiger partial charge in [-0.25, -0.2) is 4.98 Å². The number of hydrogen-bond acceptors (Lipinski definition) is 6. The molecule has 0 aliphatic rings. The summed E-state index contributed by atoms with van der Waals surface area (Å²) < 4.78 is 6.34. The number of thioether (sulfide) groups is 1. The standard InChI is InChI=1S/C23H29N3O2S2.ClH/c1-16-14-17(2)22-20(15-16)30-23(24-22)26(12-11-25(3)4)21(27)10-13-29-19-8-6-18(28-5)7-9-19;/h6-9,14-15H,10-13H2,1-5H3;1H. The molecule has 3 rings (SSSR count). The fourth-order valence-corrected chi connectivity index (χ4v) is 5.19. The summed E-state index contributed by atoms with van der Waals surface area (Å²) in [5, 5.41) is 0.792. The van der Waals surface area contributed by atoms with Crippen molar-refractivity contribution in [2.24, 2.45) is 0 Å². The number of thiazole rings is 1. The summed E-state index contributed by atoms with van der Waals surface area (Å²) in [7, 11) is 5.70. The third kappa shape index (κ3) is 6.84. The summed E-state index contributed by atoms with van der Waals surface area (Å²) in [5.41, 5.74) is 3.37. The van der Waals surface area contributed by atoms with Gasteiger partial charge in [0.2, 0.25) is 5.91 Å². The molecule has 0 aliphatic heterocycles. The summed E-state index contributed by atoms with van der Waals surface area (Å²) in [6.45, 7) is 5.61. The first-order chi connectivity index (χ1) is 14.4. The largest absolute Gasteiger partial charge is 0.497 e. The molecule has 0 spiro atoms. The second-order valence-electron chi connectivity index (χ2n) is 7.55. The van der Waals surface area contributed by atoms with Crippen molar-refractivity contribution in [2.45, 2.75) is 25.2 Å². The number of carbonyl (C=O) groups is 1. The second kappa shape index (κ2) is 11.7. The van der Waals surface area contributed by atoms with Crippen molar-refractivity contribution in [1.82, 2.24) is 9.88 Å². The molecule has 2 aromatic carbocycles. The Morgan fingerprint density at radius 3 is 2.48 bits per heavy atom. The first-order valence-corrected chi connectivity index (χ1v) is 11.8. The zero-order valence-corrected chi connectivity index (χ0v) is 21.1. The Balaban J connectivity index is 0.00000341. The first-order valence-electron chi connectivity index (χ1n) is 9.97. The number of aryl methyl sites for hydroxylation is 2. The van der Waals surface area contributed by atoms with Gasteiger partial charge in [0, 0.05) is 30.2 Å². The summed E-state index contributed by atoms with van der Waals surface area (Å²) in [6, 6.07) is 12.2. The summed E-state index contributed by atoms with van der Waals surface area (Å²) in [6.07, 6.45) is 0.470. The van der Waals surface area contributed by atoms with Crippen LogP contribution in [0.25, 0.3) is 10.2 Å². The molecule has 0 bridgehead atoms. The van der Waals surface area contributed by atoms with E-state index in [0.29, 0.717) is 13.0 Å². The lowest BCUT2D eigenvalue weighted by Gasteiger charge is -2.22. The zero-order valence-electron chi connectivity index (χ0n) is 18.7. The van der Waals surface area contributed by atoms with E-state index in [1.165, 1.54) is 5.56 Å². The van der Waals surface area contributed by atoms with E-state index < -0.39 is 0 Å². The molecule has 1 amide bonds. The summed E-state index contributed by atoms with van der Waals surface area (Å²) >= 11 is 3.29. The molecule has 5 nitrogen and oxygen atoms in total. The van der Waals surface area contributed by atoms with Crippen molar-refractivity contribution in [3.8, 4) is 5.75 Å². The highest BCUT2D eigenvalue weighted by Crippen LogP contribution is 2.32. The maximum atomic E-state index is 13.1. The van der Waals surface area contributed by atoms with Crippen LogP contribution in [0.15, 0.2) is 41.3 Å². The monoisotopic (exact) mass is 479 g/mol. The molecule has 3 aromatic rings. The molecule has 0 saturated heterocycles. The number of anilines is 1. The van der Waals surface area contributed by atoms with Crippen molar-refractivity contribution in [2.75, 3.05) is 44.9 Å². The Bertz CT molecular complexity index is 1010. The molecular weight excluding hydrogens is 450 g/mol. The molecule has 168 valence electrons. The number of rotatable bonds is 9. The highest BCUT2D eigenvalue weighted by atomic mass is 35.5. The molecule has 8 heteroatoms. The predicted octanol–water partition coefficient (Wildman–Crippen LogP) is 5.42.